The maximum absolute atomic E-state index is 5.28. The quantitative estimate of drug-likeness (QED) is 0.867. The van der Waals surface area contributed by atoms with Crippen LogP contribution in [0.2, 0.25) is 0 Å². The van der Waals surface area contributed by atoms with Crippen molar-refractivity contribution in [1.29, 1.82) is 0 Å². The van der Waals surface area contributed by atoms with Crippen LogP contribution in [-0.2, 0) is 0 Å². The largest absolute Gasteiger partial charge is 0.333 e. The van der Waals surface area contributed by atoms with E-state index >= 15 is 0 Å². The molecule has 1 saturated heterocycles. The Bertz CT molecular complexity index is 446. The van der Waals surface area contributed by atoms with Crippen LogP contribution in [0.5, 0.6) is 0 Å². The van der Waals surface area contributed by atoms with Crippen molar-refractivity contribution in [1.82, 2.24) is 15.5 Å². The average Bonchev–Trinajstić information content (AvgIpc) is 3.01. The summed E-state index contributed by atoms with van der Waals surface area (Å²) in [6.45, 7) is 2.07. The summed E-state index contributed by atoms with van der Waals surface area (Å²) in [5.74, 6) is 1.90. The van der Waals surface area contributed by atoms with Crippen LogP contribution in [0.25, 0.3) is 10.8 Å². The molecule has 2 aromatic rings. The Morgan fingerprint density at radius 3 is 3.25 bits per heavy atom. The fourth-order valence-corrected chi connectivity index (χ4v) is 2.62. The summed E-state index contributed by atoms with van der Waals surface area (Å²) >= 11 is 1.62. The van der Waals surface area contributed by atoms with Crippen molar-refractivity contribution in [3.8, 4) is 10.8 Å². The maximum atomic E-state index is 5.28. The molecule has 16 heavy (non-hydrogen) atoms. The molecule has 1 N–H and O–H groups in total. The summed E-state index contributed by atoms with van der Waals surface area (Å²) in [5.41, 5.74) is 0. The Kier molecular flexibility index (Phi) is 2.71. The first-order valence-electron chi connectivity index (χ1n) is 5.51. The van der Waals surface area contributed by atoms with E-state index in [0.29, 0.717) is 11.8 Å². The summed E-state index contributed by atoms with van der Waals surface area (Å²) in [5, 5.41) is 9.45. The molecule has 1 unspecified atom stereocenters. The van der Waals surface area contributed by atoms with Crippen LogP contribution in [0.4, 0.5) is 0 Å². The van der Waals surface area contributed by atoms with Gasteiger partial charge in [0.25, 0.3) is 5.89 Å². The molecule has 1 aliphatic rings. The van der Waals surface area contributed by atoms with Gasteiger partial charge in [-0.3, -0.25) is 0 Å². The molecule has 5 heteroatoms. The highest BCUT2D eigenvalue weighted by atomic mass is 32.1. The Balaban J connectivity index is 1.82. The fraction of sp³-hybridized carbons (Fsp3) is 0.455. The lowest BCUT2D eigenvalue weighted by molar-refractivity contribution is 0.393. The normalized spacial score (nSPS) is 21.1. The molecule has 0 spiro atoms. The van der Waals surface area contributed by atoms with Gasteiger partial charge < -0.3 is 9.84 Å². The van der Waals surface area contributed by atoms with Crippen molar-refractivity contribution in [2.75, 3.05) is 13.1 Å². The number of rotatable bonds is 2. The van der Waals surface area contributed by atoms with E-state index in [1.165, 1.54) is 6.42 Å². The predicted octanol–water partition coefficient (Wildman–Crippen LogP) is 2.27. The number of piperidine rings is 1. The fourth-order valence-electron chi connectivity index (χ4n) is 1.97. The second kappa shape index (κ2) is 4.35. The van der Waals surface area contributed by atoms with Gasteiger partial charge in [0.15, 0.2) is 5.82 Å². The predicted molar refractivity (Wildman–Crippen MR) is 62.5 cm³/mol. The number of aromatic nitrogens is 2. The summed E-state index contributed by atoms with van der Waals surface area (Å²) in [7, 11) is 0. The van der Waals surface area contributed by atoms with Crippen LogP contribution in [0, 0.1) is 0 Å². The maximum Gasteiger partial charge on any atom is 0.267 e. The molecular formula is C11H13N3OS. The van der Waals surface area contributed by atoms with Crippen molar-refractivity contribution >= 4 is 11.3 Å². The molecule has 0 aliphatic carbocycles. The second-order valence-electron chi connectivity index (χ2n) is 3.98. The third-order valence-electron chi connectivity index (χ3n) is 2.84. The third kappa shape index (κ3) is 1.88. The van der Waals surface area contributed by atoms with Gasteiger partial charge >= 0.3 is 0 Å². The van der Waals surface area contributed by atoms with E-state index in [1.807, 2.05) is 17.5 Å². The lowest BCUT2D eigenvalue weighted by Crippen LogP contribution is -2.28. The second-order valence-corrected chi connectivity index (χ2v) is 4.93. The zero-order valence-corrected chi connectivity index (χ0v) is 9.67. The van der Waals surface area contributed by atoms with Gasteiger partial charge in [-0.25, -0.2) is 0 Å². The summed E-state index contributed by atoms with van der Waals surface area (Å²) in [6.07, 6.45) is 2.34. The monoisotopic (exact) mass is 235 g/mol. The van der Waals surface area contributed by atoms with E-state index < -0.39 is 0 Å². The van der Waals surface area contributed by atoms with Crippen LogP contribution in [0.1, 0.15) is 24.6 Å². The molecule has 0 amide bonds. The van der Waals surface area contributed by atoms with E-state index in [9.17, 15) is 0 Å². The zero-order valence-electron chi connectivity index (χ0n) is 8.85. The number of hydrogen-bond donors (Lipinski definition) is 1. The molecule has 4 nitrogen and oxygen atoms in total. The molecule has 84 valence electrons. The van der Waals surface area contributed by atoms with E-state index in [0.717, 1.165) is 30.2 Å². The van der Waals surface area contributed by atoms with Crippen LogP contribution in [0.15, 0.2) is 22.0 Å². The van der Waals surface area contributed by atoms with Crippen LogP contribution < -0.4 is 5.32 Å². The third-order valence-corrected chi connectivity index (χ3v) is 3.69. The topological polar surface area (TPSA) is 51.0 Å². The van der Waals surface area contributed by atoms with Crippen molar-refractivity contribution < 1.29 is 4.52 Å². The van der Waals surface area contributed by atoms with Crippen molar-refractivity contribution in [3.05, 3.63) is 23.3 Å². The van der Waals surface area contributed by atoms with Crippen molar-refractivity contribution in [3.63, 3.8) is 0 Å². The van der Waals surface area contributed by atoms with Crippen LogP contribution >= 0.6 is 11.3 Å². The highest BCUT2D eigenvalue weighted by molar-refractivity contribution is 7.13. The highest BCUT2D eigenvalue weighted by Crippen LogP contribution is 2.26. The van der Waals surface area contributed by atoms with Gasteiger partial charge in [0.2, 0.25) is 0 Å². The van der Waals surface area contributed by atoms with Gasteiger partial charge in [-0.2, -0.15) is 4.98 Å². The summed E-state index contributed by atoms with van der Waals surface area (Å²) in [4.78, 5) is 5.51. The van der Waals surface area contributed by atoms with Crippen molar-refractivity contribution in [2.45, 2.75) is 18.8 Å². The Hall–Kier alpha value is -1.20. The molecule has 0 aromatic carbocycles. The molecule has 3 heterocycles. The van der Waals surface area contributed by atoms with E-state index in [-0.39, 0.29) is 0 Å². The first kappa shape index (κ1) is 9.99. The SMILES string of the molecule is c1csc(-c2nc(C3CCCNC3)no2)c1. The van der Waals surface area contributed by atoms with E-state index in [2.05, 4.69) is 15.5 Å². The molecule has 1 atom stereocenters. The first-order valence-corrected chi connectivity index (χ1v) is 6.39. The Morgan fingerprint density at radius 2 is 2.50 bits per heavy atom. The minimum Gasteiger partial charge on any atom is -0.333 e. The average molecular weight is 235 g/mol. The molecular weight excluding hydrogens is 222 g/mol. The minimum atomic E-state index is 0.409. The smallest absolute Gasteiger partial charge is 0.267 e. The Morgan fingerprint density at radius 1 is 1.50 bits per heavy atom. The van der Waals surface area contributed by atoms with Gasteiger partial charge in [-0.15, -0.1) is 11.3 Å². The summed E-state index contributed by atoms with van der Waals surface area (Å²) < 4.78 is 5.28. The molecule has 2 aromatic heterocycles. The molecule has 0 bridgehead atoms. The highest BCUT2D eigenvalue weighted by Gasteiger charge is 2.21. The lowest BCUT2D eigenvalue weighted by Gasteiger charge is -2.19. The van der Waals surface area contributed by atoms with Crippen LogP contribution in [-0.4, -0.2) is 23.2 Å². The van der Waals surface area contributed by atoms with Gasteiger partial charge in [0.05, 0.1) is 4.88 Å². The van der Waals surface area contributed by atoms with Gasteiger partial charge in [-0.05, 0) is 30.8 Å². The molecule has 0 radical (unpaired) electrons. The molecule has 3 rings (SSSR count). The van der Waals surface area contributed by atoms with Crippen molar-refractivity contribution in [2.24, 2.45) is 0 Å². The lowest BCUT2D eigenvalue weighted by atomic mass is 9.99. The number of nitrogens with zero attached hydrogens (tertiary/aromatic N) is 2. The number of hydrogen-bond acceptors (Lipinski definition) is 5. The van der Waals surface area contributed by atoms with Crippen LogP contribution in [0.3, 0.4) is 0 Å². The first-order chi connectivity index (χ1) is 7.93. The van der Waals surface area contributed by atoms with Gasteiger partial charge in [-0.1, -0.05) is 11.2 Å². The summed E-state index contributed by atoms with van der Waals surface area (Å²) in [6, 6.07) is 3.99. The molecule has 0 saturated carbocycles. The van der Waals surface area contributed by atoms with Gasteiger partial charge in [0, 0.05) is 12.5 Å². The Labute approximate surface area is 97.7 Å². The number of thiophene rings is 1. The zero-order chi connectivity index (χ0) is 10.8. The molecule has 1 fully saturated rings. The number of nitrogens with one attached hydrogen (secondary N) is 1. The van der Waals surface area contributed by atoms with Gasteiger partial charge in [0.1, 0.15) is 0 Å². The molecule has 1 aliphatic heterocycles. The standard InChI is InChI=1S/C11H13N3OS/c1-3-8(7-12-5-1)10-13-11(15-14-10)9-4-2-6-16-9/h2,4,6,8,12H,1,3,5,7H2. The van der Waals surface area contributed by atoms with E-state index in [1.54, 1.807) is 11.3 Å². The minimum absolute atomic E-state index is 0.409. The van der Waals surface area contributed by atoms with E-state index in [4.69, 9.17) is 4.52 Å².